The van der Waals surface area contributed by atoms with Gasteiger partial charge in [-0.3, -0.25) is 9.69 Å². The predicted octanol–water partition coefficient (Wildman–Crippen LogP) is 2.54. The molecule has 1 saturated heterocycles. The van der Waals surface area contributed by atoms with Crippen LogP contribution in [-0.4, -0.2) is 37.0 Å². The molecule has 1 fully saturated rings. The summed E-state index contributed by atoms with van der Waals surface area (Å²) in [5, 5.41) is 2.84. The van der Waals surface area contributed by atoms with Crippen molar-refractivity contribution >= 4 is 23.3 Å². The van der Waals surface area contributed by atoms with Crippen LogP contribution in [0.3, 0.4) is 0 Å². The zero-order chi connectivity index (χ0) is 14.7. The molecular weight excluding hydrogens is 254 g/mol. The Morgan fingerprint density at radius 1 is 1.20 bits per heavy atom. The van der Waals surface area contributed by atoms with Crippen molar-refractivity contribution in [2.45, 2.75) is 20.3 Å². The van der Waals surface area contributed by atoms with E-state index in [9.17, 15) is 9.59 Å². The van der Waals surface area contributed by atoms with Crippen molar-refractivity contribution in [1.82, 2.24) is 4.90 Å². The average Bonchev–Trinajstić information content (AvgIpc) is 2.43. The van der Waals surface area contributed by atoms with Gasteiger partial charge in [0.25, 0.3) is 0 Å². The van der Waals surface area contributed by atoms with Gasteiger partial charge in [-0.2, -0.15) is 0 Å². The Kier molecular flexibility index (Phi) is 4.27. The highest BCUT2D eigenvalue weighted by atomic mass is 16.2. The second-order valence-corrected chi connectivity index (χ2v) is 5.40. The first kappa shape index (κ1) is 14.4. The summed E-state index contributed by atoms with van der Waals surface area (Å²) in [6, 6.07) is 7.42. The predicted molar refractivity (Wildman–Crippen MR) is 79.9 cm³/mol. The summed E-state index contributed by atoms with van der Waals surface area (Å²) in [6.07, 6.45) is 0.966. The molecule has 1 N–H and O–H groups in total. The van der Waals surface area contributed by atoms with E-state index >= 15 is 0 Å². The number of carbonyl (C=O) groups excluding carboxylic acids is 2. The van der Waals surface area contributed by atoms with Crippen LogP contribution in [0.5, 0.6) is 0 Å². The number of carbonyl (C=O) groups is 2. The van der Waals surface area contributed by atoms with Gasteiger partial charge in [-0.15, -0.1) is 0 Å². The Morgan fingerprint density at radius 2 is 1.85 bits per heavy atom. The molecule has 20 heavy (non-hydrogen) atoms. The van der Waals surface area contributed by atoms with Crippen LogP contribution in [0.15, 0.2) is 24.3 Å². The fraction of sp³-hybridized carbons (Fsp3) is 0.467. The van der Waals surface area contributed by atoms with E-state index in [0.717, 1.165) is 30.9 Å². The van der Waals surface area contributed by atoms with E-state index in [-0.39, 0.29) is 17.9 Å². The van der Waals surface area contributed by atoms with Gasteiger partial charge in [0.05, 0.1) is 0 Å². The SMILES string of the molecule is CC(C)C(=O)Nc1ccc(N2CCCN(C)C2=O)cc1. The summed E-state index contributed by atoms with van der Waals surface area (Å²) in [5.74, 6) is -0.0569. The highest BCUT2D eigenvalue weighted by molar-refractivity contribution is 5.94. The highest BCUT2D eigenvalue weighted by Crippen LogP contribution is 2.21. The monoisotopic (exact) mass is 275 g/mol. The van der Waals surface area contributed by atoms with Crippen LogP contribution in [0.25, 0.3) is 0 Å². The fourth-order valence-electron chi connectivity index (χ4n) is 2.11. The topological polar surface area (TPSA) is 52.7 Å². The van der Waals surface area contributed by atoms with Crippen LogP contribution in [0.4, 0.5) is 16.2 Å². The number of hydrogen-bond donors (Lipinski definition) is 1. The maximum absolute atomic E-state index is 12.1. The van der Waals surface area contributed by atoms with Gasteiger partial charge in [0.15, 0.2) is 0 Å². The van der Waals surface area contributed by atoms with Crippen molar-refractivity contribution in [3.05, 3.63) is 24.3 Å². The normalized spacial score (nSPS) is 15.7. The first-order valence-electron chi connectivity index (χ1n) is 6.92. The van der Waals surface area contributed by atoms with Gasteiger partial charge < -0.3 is 10.2 Å². The van der Waals surface area contributed by atoms with Gasteiger partial charge in [-0.05, 0) is 30.7 Å². The van der Waals surface area contributed by atoms with Crippen molar-refractivity contribution < 1.29 is 9.59 Å². The van der Waals surface area contributed by atoms with Crippen molar-refractivity contribution in [3.8, 4) is 0 Å². The van der Waals surface area contributed by atoms with Gasteiger partial charge in [-0.1, -0.05) is 13.8 Å². The van der Waals surface area contributed by atoms with E-state index in [0.29, 0.717) is 0 Å². The Balaban J connectivity index is 2.08. The summed E-state index contributed by atoms with van der Waals surface area (Å²) in [7, 11) is 1.81. The molecule has 5 nitrogen and oxygen atoms in total. The molecule has 0 unspecified atom stereocenters. The van der Waals surface area contributed by atoms with E-state index in [4.69, 9.17) is 0 Å². The van der Waals surface area contributed by atoms with Crippen molar-refractivity contribution in [1.29, 1.82) is 0 Å². The lowest BCUT2D eigenvalue weighted by Crippen LogP contribution is -2.47. The molecule has 3 amide bonds. The third-order valence-corrected chi connectivity index (χ3v) is 3.40. The molecule has 0 spiro atoms. The molecule has 1 aromatic rings. The van der Waals surface area contributed by atoms with Gasteiger partial charge in [0, 0.05) is 37.4 Å². The summed E-state index contributed by atoms with van der Waals surface area (Å²) in [5.41, 5.74) is 1.62. The zero-order valence-corrected chi connectivity index (χ0v) is 12.2. The third-order valence-electron chi connectivity index (χ3n) is 3.40. The van der Waals surface area contributed by atoms with Gasteiger partial charge in [-0.25, -0.2) is 4.79 Å². The van der Waals surface area contributed by atoms with Crippen LogP contribution in [0.1, 0.15) is 20.3 Å². The Bertz CT molecular complexity index is 496. The van der Waals surface area contributed by atoms with Crippen LogP contribution in [0.2, 0.25) is 0 Å². The largest absolute Gasteiger partial charge is 0.327 e. The fourth-order valence-corrected chi connectivity index (χ4v) is 2.11. The maximum Gasteiger partial charge on any atom is 0.324 e. The molecule has 0 saturated carbocycles. The van der Waals surface area contributed by atoms with Gasteiger partial charge in [0.2, 0.25) is 5.91 Å². The first-order chi connectivity index (χ1) is 9.49. The molecule has 0 bridgehead atoms. The lowest BCUT2D eigenvalue weighted by Gasteiger charge is -2.33. The molecule has 2 rings (SSSR count). The van der Waals surface area contributed by atoms with Gasteiger partial charge in [0.1, 0.15) is 0 Å². The third kappa shape index (κ3) is 3.10. The molecule has 0 atom stereocenters. The average molecular weight is 275 g/mol. The molecule has 1 aliphatic rings. The number of nitrogens with one attached hydrogen (secondary N) is 1. The molecule has 108 valence electrons. The molecular formula is C15H21N3O2. The Hall–Kier alpha value is -2.04. The quantitative estimate of drug-likeness (QED) is 0.921. The second kappa shape index (κ2) is 5.94. The number of rotatable bonds is 3. The van der Waals surface area contributed by atoms with Crippen molar-refractivity contribution in [2.24, 2.45) is 5.92 Å². The minimum Gasteiger partial charge on any atom is -0.327 e. The molecule has 1 aliphatic heterocycles. The summed E-state index contributed by atoms with van der Waals surface area (Å²) in [6.45, 7) is 5.25. The van der Waals surface area contributed by atoms with E-state index in [1.807, 2.05) is 45.2 Å². The molecule has 0 radical (unpaired) electrons. The number of anilines is 2. The summed E-state index contributed by atoms with van der Waals surface area (Å²) in [4.78, 5) is 27.2. The second-order valence-electron chi connectivity index (χ2n) is 5.40. The Labute approximate surface area is 119 Å². The molecule has 0 aliphatic carbocycles. The lowest BCUT2D eigenvalue weighted by molar-refractivity contribution is -0.118. The van der Waals surface area contributed by atoms with Crippen LogP contribution in [0, 0.1) is 5.92 Å². The number of nitrogens with zero attached hydrogens (tertiary/aromatic N) is 2. The van der Waals surface area contributed by atoms with Crippen molar-refractivity contribution in [2.75, 3.05) is 30.4 Å². The molecule has 0 aromatic heterocycles. The van der Waals surface area contributed by atoms with Crippen molar-refractivity contribution in [3.63, 3.8) is 0 Å². The highest BCUT2D eigenvalue weighted by Gasteiger charge is 2.23. The van der Waals surface area contributed by atoms with E-state index in [1.165, 1.54) is 0 Å². The number of amides is 3. The lowest BCUT2D eigenvalue weighted by atomic mass is 10.2. The van der Waals surface area contributed by atoms with Crippen LogP contribution < -0.4 is 10.2 Å². The van der Waals surface area contributed by atoms with Crippen LogP contribution >= 0.6 is 0 Å². The standard InChI is InChI=1S/C15H21N3O2/c1-11(2)14(19)16-12-5-7-13(8-6-12)18-10-4-9-17(3)15(18)20/h5-8,11H,4,9-10H2,1-3H3,(H,16,19). The first-order valence-corrected chi connectivity index (χ1v) is 6.92. The molecule has 1 aromatic carbocycles. The minimum absolute atomic E-state index is 0.00784. The Morgan fingerprint density at radius 3 is 2.45 bits per heavy atom. The summed E-state index contributed by atoms with van der Waals surface area (Å²) >= 11 is 0. The van der Waals surface area contributed by atoms with E-state index < -0.39 is 0 Å². The number of urea groups is 1. The molecule has 5 heteroatoms. The smallest absolute Gasteiger partial charge is 0.324 e. The minimum atomic E-state index is -0.0491. The van der Waals surface area contributed by atoms with E-state index in [2.05, 4.69) is 5.32 Å². The summed E-state index contributed by atoms with van der Waals surface area (Å²) < 4.78 is 0. The number of benzene rings is 1. The maximum atomic E-state index is 12.1. The molecule has 1 heterocycles. The van der Waals surface area contributed by atoms with Gasteiger partial charge >= 0.3 is 6.03 Å². The van der Waals surface area contributed by atoms with E-state index in [1.54, 1.807) is 9.80 Å². The van der Waals surface area contributed by atoms with Crippen LogP contribution in [-0.2, 0) is 4.79 Å². The number of hydrogen-bond acceptors (Lipinski definition) is 2. The zero-order valence-electron chi connectivity index (χ0n) is 12.2.